The van der Waals surface area contributed by atoms with Crippen LogP contribution in [-0.4, -0.2) is 36.2 Å². The Balaban J connectivity index is 1.51. The summed E-state index contributed by atoms with van der Waals surface area (Å²) in [7, 11) is 3.08. The number of carbonyl (C=O) groups excluding carboxylic acids is 1. The number of benzene rings is 2. The number of Topliss-reactive ketones (excluding diaryl/α,β-unsaturated/α-hetero) is 1. The predicted molar refractivity (Wildman–Crippen MR) is 131 cm³/mol. The summed E-state index contributed by atoms with van der Waals surface area (Å²) in [6.07, 6.45) is 2.55. The maximum absolute atomic E-state index is 13.8. The number of carbonyl (C=O) groups is 1. The van der Waals surface area contributed by atoms with E-state index in [0.29, 0.717) is 45.3 Å². The van der Waals surface area contributed by atoms with Crippen LogP contribution >= 0.6 is 0 Å². The summed E-state index contributed by atoms with van der Waals surface area (Å²) >= 11 is 0. The lowest BCUT2D eigenvalue weighted by molar-refractivity contribution is 0.0397. The summed E-state index contributed by atoms with van der Waals surface area (Å²) in [6.45, 7) is 3.30. The van der Waals surface area contributed by atoms with E-state index in [1.54, 1.807) is 63.4 Å². The minimum Gasteiger partial charge on any atom is -0.494 e. The number of ketones is 1. The minimum absolute atomic E-state index is 0.109. The molecular formula is C28H30FNO5. The second kappa shape index (κ2) is 10.0. The molecule has 35 heavy (non-hydrogen) atoms. The molecule has 7 heteroatoms. The van der Waals surface area contributed by atoms with Gasteiger partial charge in [-0.15, -0.1) is 0 Å². The fourth-order valence-corrected chi connectivity index (χ4v) is 3.84. The van der Waals surface area contributed by atoms with Crippen LogP contribution in [0.3, 0.4) is 0 Å². The third kappa shape index (κ3) is 5.62. The van der Waals surface area contributed by atoms with Crippen LogP contribution in [-0.2, 0) is 5.60 Å². The Kier molecular flexibility index (Phi) is 7.08. The van der Waals surface area contributed by atoms with Crippen LogP contribution in [0.4, 0.5) is 4.39 Å². The monoisotopic (exact) mass is 479 g/mol. The van der Waals surface area contributed by atoms with Gasteiger partial charge < -0.3 is 19.3 Å². The van der Waals surface area contributed by atoms with Crippen molar-refractivity contribution < 1.29 is 28.5 Å². The molecule has 0 amide bonds. The molecule has 2 aromatic carbocycles. The Morgan fingerprint density at radius 1 is 1.06 bits per heavy atom. The molecule has 1 aromatic heterocycles. The van der Waals surface area contributed by atoms with Gasteiger partial charge in [-0.2, -0.15) is 0 Å². The number of nitrogens with zero attached hydrogens (tertiary/aromatic N) is 1. The summed E-state index contributed by atoms with van der Waals surface area (Å²) in [6, 6.07) is 13.2. The number of methoxy groups -OCH3 is 2. The minimum atomic E-state index is -1.37. The van der Waals surface area contributed by atoms with Crippen LogP contribution in [0.5, 0.6) is 17.2 Å². The molecule has 1 atom stereocenters. The quantitative estimate of drug-likeness (QED) is 0.380. The summed E-state index contributed by atoms with van der Waals surface area (Å²) in [5, 5.41) is 11.2. The fraction of sp³-hybridized carbons (Fsp3) is 0.357. The second-order valence-electron chi connectivity index (χ2n) is 9.09. The standard InChI is InChI=1S/C28H30FNO5/c1-17-15-19(5-9-21(17)29)27-24(33-3)11-12-26(30-27)28(2,32)14-13-22(31)18-6-10-23(25(16-18)34-4)35-20-7-8-20/h5-6,9-12,15-16,20,32H,7-8,13-14H2,1-4H3. The maximum Gasteiger partial charge on any atom is 0.163 e. The molecule has 6 nitrogen and oxygen atoms in total. The van der Waals surface area contributed by atoms with Gasteiger partial charge in [0.25, 0.3) is 0 Å². The van der Waals surface area contributed by atoms with Crippen molar-refractivity contribution in [3.05, 3.63) is 71.2 Å². The third-order valence-corrected chi connectivity index (χ3v) is 6.20. The largest absolute Gasteiger partial charge is 0.494 e. The van der Waals surface area contributed by atoms with Crippen molar-refractivity contribution in [1.29, 1.82) is 0 Å². The van der Waals surface area contributed by atoms with E-state index in [2.05, 4.69) is 4.98 Å². The van der Waals surface area contributed by atoms with Gasteiger partial charge in [-0.3, -0.25) is 4.79 Å². The van der Waals surface area contributed by atoms with Gasteiger partial charge in [0.15, 0.2) is 17.3 Å². The van der Waals surface area contributed by atoms with Gasteiger partial charge >= 0.3 is 0 Å². The first-order valence-corrected chi connectivity index (χ1v) is 11.6. The zero-order chi connectivity index (χ0) is 25.2. The van der Waals surface area contributed by atoms with Crippen molar-refractivity contribution in [2.24, 2.45) is 0 Å². The fourth-order valence-electron chi connectivity index (χ4n) is 3.84. The molecule has 1 aliphatic rings. The first kappa shape index (κ1) is 24.7. The normalized spacial score (nSPS) is 14.8. The van der Waals surface area contributed by atoms with Crippen molar-refractivity contribution in [3.8, 4) is 28.5 Å². The van der Waals surface area contributed by atoms with E-state index in [1.165, 1.54) is 13.2 Å². The Morgan fingerprint density at radius 3 is 2.43 bits per heavy atom. The number of halogens is 1. The van der Waals surface area contributed by atoms with Gasteiger partial charge in [-0.1, -0.05) is 0 Å². The topological polar surface area (TPSA) is 77.9 Å². The van der Waals surface area contributed by atoms with E-state index in [-0.39, 0.29) is 30.5 Å². The molecule has 1 saturated carbocycles. The molecule has 1 heterocycles. The number of ether oxygens (including phenoxy) is 3. The van der Waals surface area contributed by atoms with Gasteiger partial charge in [0.05, 0.1) is 26.0 Å². The third-order valence-electron chi connectivity index (χ3n) is 6.20. The average Bonchev–Trinajstić information content (AvgIpc) is 3.68. The number of aliphatic hydroxyl groups is 1. The van der Waals surface area contributed by atoms with Crippen molar-refractivity contribution in [3.63, 3.8) is 0 Å². The number of hydrogen-bond acceptors (Lipinski definition) is 6. The number of aromatic nitrogens is 1. The average molecular weight is 480 g/mol. The summed E-state index contributed by atoms with van der Waals surface area (Å²) in [5.41, 5.74) is 1.17. The van der Waals surface area contributed by atoms with E-state index < -0.39 is 5.60 Å². The molecule has 4 rings (SSSR count). The zero-order valence-electron chi connectivity index (χ0n) is 20.4. The summed E-state index contributed by atoms with van der Waals surface area (Å²) in [5.74, 6) is 1.23. The van der Waals surface area contributed by atoms with Crippen molar-refractivity contribution in [1.82, 2.24) is 4.98 Å². The first-order valence-electron chi connectivity index (χ1n) is 11.6. The first-order chi connectivity index (χ1) is 16.7. The van der Waals surface area contributed by atoms with Crippen molar-refractivity contribution in [2.75, 3.05) is 14.2 Å². The van der Waals surface area contributed by atoms with Crippen LogP contribution in [0.25, 0.3) is 11.3 Å². The van der Waals surface area contributed by atoms with Crippen LogP contribution in [0.15, 0.2) is 48.5 Å². The molecular weight excluding hydrogens is 449 g/mol. The van der Waals surface area contributed by atoms with E-state index >= 15 is 0 Å². The molecule has 184 valence electrons. The van der Waals surface area contributed by atoms with Crippen LogP contribution < -0.4 is 14.2 Å². The molecule has 1 unspecified atom stereocenters. The lowest BCUT2D eigenvalue weighted by atomic mass is 9.92. The smallest absolute Gasteiger partial charge is 0.163 e. The van der Waals surface area contributed by atoms with Crippen LogP contribution in [0, 0.1) is 12.7 Å². The predicted octanol–water partition coefficient (Wildman–Crippen LogP) is 5.63. The Hall–Kier alpha value is -3.45. The highest BCUT2D eigenvalue weighted by Crippen LogP contribution is 2.36. The second-order valence-corrected chi connectivity index (χ2v) is 9.09. The van der Waals surface area contributed by atoms with Gasteiger partial charge in [-0.25, -0.2) is 9.37 Å². The summed E-state index contributed by atoms with van der Waals surface area (Å²) in [4.78, 5) is 17.5. The summed E-state index contributed by atoms with van der Waals surface area (Å²) < 4.78 is 30.4. The Labute approximate surface area is 204 Å². The number of pyridine rings is 1. The maximum atomic E-state index is 13.8. The number of hydrogen-bond donors (Lipinski definition) is 1. The molecule has 0 radical (unpaired) electrons. The molecule has 1 aliphatic carbocycles. The van der Waals surface area contributed by atoms with Gasteiger partial charge in [0.1, 0.15) is 22.9 Å². The van der Waals surface area contributed by atoms with Crippen molar-refractivity contribution >= 4 is 5.78 Å². The van der Waals surface area contributed by atoms with Gasteiger partial charge in [0.2, 0.25) is 0 Å². The van der Waals surface area contributed by atoms with E-state index in [1.807, 2.05) is 0 Å². The van der Waals surface area contributed by atoms with Crippen molar-refractivity contribution in [2.45, 2.75) is 51.2 Å². The lowest BCUT2D eigenvalue weighted by Gasteiger charge is -2.24. The molecule has 0 spiro atoms. The van der Waals surface area contributed by atoms with E-state index in [0.717, 1.165) is 12.8 Å². The molecule has 0 aliphatic heterocycles. The molecule has 3 aromatic rings. The molecule has 0 bridgehead atoms. The Bertz CT molecular complexity index is 1240. The van der Waals surface area contributed by atoms with Gasteiger partial charge in [0, 0.05) is 17.5 Å². The Morgan fingerprint density at radius 2 is 1.77 bits per heavy atom. The van der Waals surface area contributed by atoms with E-state index in [4.69, 9.17) is 14.2 Å². The van der Waals surface area contributed by atoms with E-state index in [9.17, 15) is 14.3 Å². The number of aryl methyl sites for hydroxylation is 1. The SMILES string of the molecule is COc1cc(C(=O)CCC(C)(O)c2ccc(OC)c(-c3ccc(F)c(C)c3)n2)ccc1OC1CC1. The van der Waals surface area contributed by atoms with Gasteiger partial charge in [-0.05, 0) is 87.2 Å². The zero-order valence-corrected chi connectivity index (χ0v) is 20.4. The highest BCUT2D eigenvalue weighted by molar-refractivity contribution is 5.96. The molecule has 1 fully saturated rings. The molecule has 0 saturated heterocycles. The highest BCUT2D eigenvalue weighted by Gasteiger charge is 2.28. The highest BCUT2D eigenvalue weighted by atomic mass is 19.1. The lowest BCUT2D eigenvalue weighted by Crippen LogP contribution is -2.24. The van der Waals surface area contributed by atoms with Crippen LogP contribution in [0.2, 0.25) is 0 Å². The van der Waals surface area contributed by atoms with Crippen LogP contribution in [0.1, 0.15) is 54.2 Å². The number of rotatable bonds is 10. The molecule has 1 N–H and O–H groups in total.